The summed E-state index contributed by atoms with van der Waals surface area (Å²) in [5, 5.41) is 0. The number of benzene rings is 1. The predicted molar refractivity (Wildman–Crippen MR) is 102 cm³/mol. The van der Waals surface area contributed by atoms with E-state index in [9.17, 15) is 0 Å². The fourth-order valence-electron chi connectivity index (χ4n) is 6.93. The number of nitrogens with zero attached hydrogens (tertiary/aromatic N) is 1. The molecule has 1 saturated heterocycles. The van der Waals surface area contributed by atoms with Crippen LogP contribution in [0, 0.1) is 11.8 Å². The molecular formula is C23H29NO2. The second-order valence-corrected chi connectivity index (χ2v) is 9.29. The van der Waals surface area contributed by atoms with Gasteiger partial charge in [0.05, 0.1) is 7.11 Å². The van der Waals surface area contributed by atoms with Crippen molar-refractivity contribution < 1.29 is 9.47 Å². The normalized spacial score (nSPS) is 37.7. The molecule has 1 spiro atoms. The van der Waals surface area contributed by atoms with Crippen LogP contribution < -0.4 is 9.47 Å². The van der Waals surface area contributed by atoms with Gasteiger partial charge in [0, 0.05) is 23.6 Å². The molecule has 2 heterocycles. The van der Waals surface area contributed by atoms with Gasteiger partial charge in [-0.05, 0) is 74.1 Å². The molecule has 1 aromatic rings. The molecule has 0 amide bonds. The van der Waals surface area contributed by atoms with Gasteiger partial charge in [-0.1, -0.05) is 19.1 Å². The molecule has 3 aliphatic carbocycles. The first kappa shape index (κ1) is 15.6. The molecule has 26 heavy (non-hydrogen) atoms. The Kier molecular flexibility index (Phi) is 3.16. The molecule has 3 fully saturated rings. The van der Waals surface area contributed by atoms with Crippen LogP contribution in [0.3, 0.4) is 0 Å². The maximum Gasteiger partial charge on any atom is 0.166 e. The minimum absolute atomic E-state index is 0.160. The standard InChI is InChI=1S/C23H29NO2/c1-14-6-8-17-18-12-16-7-9-19(25-2)21-20(16)23(17,22(14)26-21)10-11-24(18)13-15-4-3-5-15/h7,9,15,17-18,22H,1,3-6,8,10-13H2,2H3/t17-,18+,22?,23?/m1/s1. The van der Waals surface area contributed by atoms with Gasteiger partial charge >= 0.3 is 0 Å². The molecule has 2 aliphatic heterocycles. The largest absolute Gasteiger partial charge is 0.493 e. The zero-order chi connectivity index (χ0) is 17.5. The van der Waals surface area contributed by atoms with E-state index < -0.39 is 0 Å². The van der Waals surface area contributed by atoms with E-state index in [0.29, 0.717) is 12.0 Å². The maximum atomic E-state index is 6.62. The van der Waals surface area contributed by atoms with E-state index in [2.05, 4.69) is 23.6 Å². The third kappa shape index (κ3) is 1.78. The summed E-state index contributed by atoms with van der Waals surface area (Å²) < 4.78 is 12.3. The predicted octanol–water partition coefficient (Wildman–Crippen LogP) is 4.09. The van der Waals surface area contributed by atoms with Crippen LogP contribution in [-0.2, 0) is 11.8 Å². The lowest BCUT2D eigenvalue weighted by molar-refractivity contribution is -0.0418. The Morgan fingerprint density at radius 3 is 2.96 bits per heavy atom. The van der Waals surface area contributed by atoms with Gasteiger partial charge in [-0.25, -0.2) is 0 Å². The van der Waals surface area contributed by atoms with Crippen LogP contribution >= 0.6 is 0 Å². The molecule has 3 heteroatoms. The second-order valence-electron chi connectivity index (χ2n) is 9.29. The minimum atomic E-state index is 0.160. The SMILES string of the molecule is C=C1CC[C@@H]2[C@@H]3Cc4ccc(OC)c5c4C2(CCN3CC2CCC2)C1O5. The number of methoxy groups -OCH3 is 1. The van der Waals surface area contributed by atoms with E-state index in [4.69, 9.17) is 9.47 Å². The van der Waals surface area contributed by atoms with E-state index in [-0.39, 0.29) is 11.5 Å². The van der Waals surface area contributed by atoms with Gasteiger partial charge in [0.1, 0.15) is 6.10 Å². The molecule has 2 saturated carbocycles. The Balaban J connectivity index is 1.48. The maximum absolute atomic E-state index is 6.62. The monoisotopic (exact) mass is 351 g/mol. The summed E-state index contributed by atoms with van der Waals surface area (Å²) in [5.74, 6) is 3.61. The molecule has 3 nitrogen and oxygen atoms in total. The lowest BCUT2D eigenvalue weighted by Crippen LogP contribution is -2.65. The summed E-state index contributed by atoms with van der Waals surface area (Å²) in [6.45, 7) is 6.98. The number of hydrogen-bond acceptors (Lipinski definition) is 3. The summed E-state index contributed by atoms with van der Waals surface area (Å²) in [6.07, 6.45) is 9.31. The molecule has 5 aliphatic rings. The van der Waals surface area contributed by atoms with Crippen LogP contribution in [0.15, 0.2) is 24.3 Å². The Labute approximate surface area is 156 Å². The third-order valence-electron chi connectivity index (χ3n) is 8.30. The second kappa shape index (κ2) is 5.28. The third-order valence-corrected chi connectivity index (χ3v) is 8.30. The summed E-state index contributed by atoms with van der Waals surface area (Å²) in [5.41, 5.74) is 4.47. The van der Waals surface area contributed by atoms with Gasteiger partial charge in [0.2, 0.25) is 0 Å². The van der Waals surface area contributed by atoms with Crippen LogP contribution in [0.2, 0.25) is 0 Å². The van der Waals surface area contributed by atoms with Crippen LogP contribution in [-0.4, -0.2) is 37.2 Å². The van der Waals surface area contributed by atoms with Crippen molar-refractivity contribution in [3.63, 3.8) is 0 Å². The Morgan fingerprint density at radius 1 is 1.31 bits per heavy atom. The molecule has 0 N–H and O–H groups in total. The fraction of sp³-hybridized carbons (Fsp3) is 0.652. The van der Waals surface area contributed by atoms with Crippen molar-refractivity contribution in [2.24, 2.45) is 11.8 Å². The van der Waals surface area contributed by atoms with Gasteiger partial charge < -0.3 is 9.47 Å². The lowest BCUT2D eigenvalue weighted by Gasteiger charge is -2.59. The lowest BCUT2D eigenvalue weighted by atomic mass is 9.51. The molecule has 6 rings (SSSR count). The summed E-state index contributed by atoms with van der Waals surface area (Å²) >= 11 is 0. The highest BCUT2D eigenvalue weighted by atomic mass is 16.5. The number of rotatable bonds is 3. The van der Waals surface area contributed by atoms with E-state index in [1.165, 1.54) is 68.3 Å². The molecule has 4 atom stereocenters. The average molecular weight is 351 g/mol. The number of piperidine rings is 1. The van der Waals surface area contributed by atoms with Crippen molar-refractivity contribution in [3.8, 4) is 11.5 Å². The first-order valence-electron chi connectivity index (χ1n) is 10.5. The van der Waals surface area contributed by atoms with Gasteiger partial charge in [0.25, 0.3) is 0 Å². The van der Waals surface area contributed by atoms with Gasteiger partial charge in [0.15, 0.2) is 11.5 Å². The van der Waals surface area contributed by atoms with E-state index in [0.717, 1.165) is 23.8 Å². The topological polar surface area (TPSA) is 21.7 Å². The van der Waals surface area contributed by atoms with Crippen molar-refractivity contribution in [1.29, 1.82) is 0 Å². The van der Waals surface area contributed by atoms with E-state index >= 15 is 0 Å². The number of hydrogen-bond donors (Lipinski definition) is 0. The quantitative estimate of drug-likeness (QED) is 0.766. The van der Waals surface area contributed by atoms with Gasteiger partial charge in [-0.15, -0.1) is 0 Å². The molecule has 0 aromatic heterocycles. The zero-order valence-corrected chi connectivity index (χ0v) is 15.8. The zero-order valence-electron chi connectivity index (χ0n) is 15.8. The highest BCUT2D eigenvalue weighted by Crippen LogP contribution is 2.64. The van der Waals surface area contributed by atoms with Crippen molar-refractivity contribution in [2.45, 2.75) is 62.5 Å². The van der Waals surface area contributed by atoms with Gasteiger partial charge in [-0.2, -0.15) is 0 Å². The summed E-state index contributed by atoms with van der Waals surface area (Å²) in [7, 11) is 1.76. The van der Waals surface area contributed by atoms with Crippen LogP contribution in [0.1, 0.15) is 49.7 Å². The molecule has 1 aromatic carbocycles. The molecule has 0 radical (unpaired) electrons. The highest BCUT2D eigenvalue weighted by Gasteiger charge is 2.64. The molecule has 2 bridgehead atoms. The highest BCUT2D eigenvalue weighted by molar-refractivity contribution is 5.62. The molecular weight excluding hydrogens is 322 g/mol. The molecule has 138 valence electrons. The fourth-order valence-corrected chi connectivity index (χ4v) is 6.93. The van der Waals surface area contributed by atoms with Crippen molar-refractivity contribution in [3.05, 3.63) is 35.4 Å². The smallest absolute Gasteiger partial charge is 0.166 e. The van der Waals surface area contributed by atoms with Crippen LogP contribution in [0.4, 0.5) is 0 Å². The number of ether oxygens (including phenoxy) is 2. The Morgan fingerprint density at radius 2 is 2.19 bits per heavy atom. The van der Waals surface area contributed by atoms with Crippen LogP contribution in [0.5, 0.6) is 11.5 Å². The van der Waals surface area contributed by atoms with E-state index in [1.54, 1.807) is 7.11 Å². The first-order valence-corrected chi connectivity index (χ1v) is 10.5. The van der Waals surface area contributed by atoms with E-state index in [1.807, 2.05) is 0 Å². The first-order chi connectivity index (χ1) is 12.7. The minimum Gasteiger partial charge on any atom is -0.493 e. The molecule has 2 unspecified atom stereocenters. The summed E-state index contributed by atoms with van der Waals surface area (Å²) in [4.78, 5) is 2.86. The van der Waals surface area contributed by atoms with Crippen LogP contribution in [0.25, 0.3) is 0 Å². The number of likely N-dealkylation sites (tertiary alicyclic amines) is 1. The van der Waals surface area contributed by atoms with Crippen molar-refractivity contribution >= 4 is 0 Å². The van der Waals surface area contributed by atoms with Crippen molar-refractivity contribution in [2.75, 3.05) is 20.2 Å². The Hall–Kier alpha value is -1.48. The average Bonchev–Trinajstić information content (AvgIpc) is 2.96. The summed E-state index contributed by atoms with van der Waals surface area (Å²) in [6, 6.07) is 5.13. The van der Waals surface area contributed by atoms with Crippen molar-refractivity contribution in [1.82, 2.24) is 4.90 Å². The Bertz CT molecular complexity index is 783. The van der Waals surface area contributed by atoms with Gasteiger partial charge in [-0.3, -0.25) is 4.90 Å².